The molecule has 0 aliphatic carbocycles. The lowest BCUT2D eigenvalue weighted by atomic mass is 9.76. The minimum atomic E-state index is -1.28. The fourth-order valence-electron chi connectivity index (χ4n) is 5.72. The van der Waals surface area contributed by atoms with E-state index in [1.807, 2.05) is 43.3 Å². The minimum Gasteiger partial charge on any atom is -0.496 e. The van der Waals surface area contributed by atoms with Crippen molar-refractivity contribution in [3.05, 3.63) is 59.2 Å². The van der Waals surface area contributed by atoms with Gasteiger partial charge in [0.15, 0.2) is 0 Å². The fraction of sp³-hybridized carbons (Fsp3) is 0.375. The number of aryl methyl sites for hydroxylation is 1. The Morgan fingerprint density at radius 1 is 1.16 bits per heavy atom. The molecular weight excluding hydrogens is 410 g/mol. The molecule has 2 fully saturated rings. The van der Waals surface area contributed by atoms with Crippen LogP contribution in [0.2, 0.25) is 0 Å². The third-order valence-corrected chi connectivity index (χ3v) is 7.21. The number of aliphatic hydroxyl groups excluding tert-OH is 1. The molecule has 0 bridgehead atoms. The predicted octanol–water partition coefficient (Wildman–Crippen LogP) is 0.279. The molecule has 0 saturated carbocycles. The van der Waals surface area contributed by atoms with Crippen LogP contribution in [0.3, 0.4) is 0 Å². The lowest BCUT2D eigenvalue weighted by Crippen LogP contribution is -3.00. The highest BCUT2D eigenvalue weighted by Gasteiger charge is 2.74. The summed E-state index contributed by atoms with van der Waals surface area (Å²) in [7, 11) is 1.54. The normalized spacial score (nSPS) is 29.3. The maximum absolute atomic E-state index is 13.8. The topological polar surface area (TPSA) is 113 Å². The van der Waals surface area contributed by atoms with Crippen LogP contribution in [0.1, 0.15) is 23.6 Å². The van der Waals surface area contributed by atoms with Crippen LogP contribution in [0.15, 0.2) is 42.5 Å². The summed E-state index contributed by atoms with van der Waals surface area (Å²) in [6.07, 6.45) is -0.883. The van der Waals surface area contributed by atoms with E-state index >= 15 is 0 Å². The molecule has 8 heteroatoms. The predicted molar refractivity (Wildman–Crippen MR) is 114 cm³/mol. The van der Waals surface area contributed by atoms with Gasteiger partial charge < -0.3 is 20.5 Å². The third-order valence-electron chi connectivity index (χ3n) is 7.21. The number of carbonyl (C=O) groups is 3. The first kappa shape index (κ1) is 20.7. The third kappa shape index (κ3) is 2.59. The highest BCUT2D eigenvalue weighted by molar-refractivity contribution is 6.14. The van der Waals surface area contributed by atoms with E-state index in [9.17, 15) is 19.5 Å². The van der Waals surface area contributed by atoms with E-state index in [1.54, 1.807) is 18.3 Å². The van der Waals surface area contributed by atoms with Crippen molar-refractivity contribution in [1.29, 1.82) is 0 Å². The Labute approximate surface area is 185 Å². The Bertz CT molecular complexity index is 1150. The lowest BCUT2D eigenvalue weighted by molar-refractivity contribution is -0.738. The lowest BCUT2D eigenvalue weighted by Gasteiger charge is -2.27. The molecule has 0 aromatic heterocycles. The zero-order valence-electron chi connectivity index (χ0n) is 18.2. The Hall–Kier alpha value is -3.23. The number of nitrogens with zero attached hydrogens (tertiary/aromatic N) is 1. The van der Waals surface area contributed by atoms with E-state index in [2.05, 4.69) is 5.32 Å². The average molecular weight is 436 g/mol. The van der Waals surface area contributed by atoms with Crippen LogP contribution in [0.25, 0.3) is 0 Å². The monoisotopic (exact) mass is 436 g/mol. The Morgan fingerprint density at radius 2 is 1.91 bits per heavy atom. The number of imide groups is 1. The van der Waals surface area contributed by atoms with Crippen molar-refractivity contribution in [2.24, 2.45) is 11.8 Å². The molecule has 8 nitrogen and oxygen atoms in total. The van der Waals surface area contributed by atoms with Gasteiger partial charge in [0.1, 0.15) is 29.7 Å². The number of aliphatic hydroxyl groups is 1. The maximum atomic E-state index is 13.8. The molecule has 3 amide bonds. The smallest absolute Gasteiger partial charge is 0.291 e. The van der Waals surface area contributed by atoms with Gasteiger partial charge in [-0.05, 0) is 25.5 Å². The second kappa shape index (κ2) is 7.15. The Morgan fingerprint density at radius 3 is 2.62 bits per heavy atom. The number of hydrogen-bond acceptors (Lipinski definition) is 5. The number of nitrogens with one attached hydrogen (secondary N) is 1. The van der Waals surface area contributed by atoms with Crippen LogP contribution in [0.5, 0.6) is 5.75 Å². The largest absolute Gasteiger partial charge is 0.496 e. The van der Waals surface area contributed by atoms with Crippen LogP contribution in [0.4, 0.5) is 5.69 Å². The van der Waals surface area contributed by atoms with E-state index in [0.717, 1.165) is 5.56 Å². The molecule has 3 aliphatic heterocycles. The fourth-order valence-corrected chi connectivity index (χ4v) is 5.72. The van der Waals surface area contributed by atoms with Gasteiger partial charge >= 0.3 is 0 Å². The molecule has 2 aromatic rings. The number of anilines is 1. The summed E-state index contributed by atoms with van der Waals surface area (Å²) >= 11 is 0. The van der Waals surface area contributed by atoms with E-state index in [4.69, 9.17) is 4.74 Å². The molecule has 3 aliphatic rings. The van der Waals surface area contributed by atoms with Crippen LogP contribution in [-0.2, 0) is 26.5 Å². The van der Waals surface area contributed by atoms with Gasteiger partial charge in [0.25, 0.3) is 5.91 Å². The van der Waals surface area contributed by atoms with Gasteiger partial charge in [-0.3, -0.25) is 19.3 Å². The van der Waals surface area contributed by atoms with Crippen LogP contribution < -0.4 is 15.4 Å². The molecule has 2 saturated heterocycles. The summed E-state index contributed by atoms with van der Waals surface area (Å²) in [5.41, 5.74) is 1.69. The molecule has 5 rings (SSSR count). The number of rotatable bonds is 4. The molecule has 2 aromatic carbocycles. The summed E-state index contributed by atoms with van der Waals surface area (Å²) in [4.78, 5) is 41.9. The summed E-state index contributed by atoms with van der Waals surface area (Å²) in [6.45, 7) is 3.55. The number of hydrogen-bond donors (Lipinski definition) is 3. The standard InChI is InChI=1S/C24H25N3O5/c1-12-7-6-9-15-19(12)25-23(31)24(15)18-17(20(26-24)13(2)28)21(29)27(22(18)30)11-14-8-4-5-10-16(14)32-3/h4-10,13,17-18,20,26,28H,11H2,1-3H3,(H,25,31)/p+1/t13-,17-,18-,20+,24-/m0/s1. The van der Waals surface area contributed by atoms with Gasteiger partial charge in [-0.25, -0.2) is 0 Å². The number of fused-ring (bicyclic) bond motifs is 4. The van der Waals surface area contributed by atoms with E-state index < -0.39 is 35.4 Å². The molecule has 166 valence electrons. The van der Waals surface area contributed by atoms with Gasteiger partial charge in [-0.15, -0.1) is 0 Å². The van der Waals surface area contributed by atoms with E-state index in [1.165, 1.54) is 12.0 Å². The van der Waals surface area contributed by atoms with Crippen molar-refractivity contribution in [2.75, 3.05) is 12.4 Å². The van der Waals surface area contributed by atoms with Gasteiger partial charge in [0.2, 0.25) is 17.4 Å². The zero-order valence-corrected chi connectivity index (χ0v) is 18.2. The SMILES string of the molecule is COc1ccccc1CN1C(=O)[C@@H]2[C@@H]([C@H](C)O)[NH2+][C@]3(C(=O)Nc4c(C)cccc43)[C@@H]2C1=O. The van der Waals surface area contributed by atoms with Crippen LogP contribution in [-0.4, -0.2) is 47.0 Å². The number of carbonyl (C=O) groups excluding carboxylic acids is 3. The summed E-state index contributed by atoms with van der Waals surface area (Å²) < 4.78 is 5.39. The summed E-state index contributed by atoms with van der Waals surface area (Å²) in [5.74, 6) is -2.19. The summed E-state index contributed by atoms with van der Waals surface area (Å²) in [6, 6.07) is 12.2. The minimum absolute atomic E-state index is 0.0551. The quantitative estimate of drug-likeness (QED) is 0.596. The molecule has 1 spiro atoms. The van der Waals surface area contributed by atoms with Crippen LogP contribution in [0, 0.1) is 18.8 Å². The maximum Gasteiger partial charge on any atom is 0.291 e. The molecular formula is C24H26N3O5+. The number of ether oxygens (including phenoxy) is 1. The molecule has 3 heterocycles. The van der Waals surface area contributed by atoms with Gasteiger partial charge in [0.05, 0.1) is 19.3 Å². The Kier molecular flexibility index (Phi) is 4.61. The summed E-state index contributed by atoms with van der Waals surface area (Å²) in [5, 5.41) is 15.2. The van der Waals surface area contributed by atoms with E-state index in [0.29, 0.717) is 22.6 Å². The number of benzene rings is 2. The number of likely N-dealkylation sites (tertiary alicyclic amines) is 1. The molecule has 32 heavy (non-hydrogen) atoms. The molecule has 0 unspecified atom stereocenters. The second-order valence-electron chi connectivity index (χ2n) is 8.88. The second-order valence-corrected chi connectivity index (χ2v) is 8.88. The molecule has 0 radical (unpaired) electrons. The van der Waals surface area contributed by atoms with Crippen molar-refractivity contribution >= 4 is 23.4 Å². The highest BCUT2D eigenvalue weighted by Crippen LogP contribution is 2.50. The van der Waals surface area contributed by atoms with Crippen molar-refractivity contribution in [3.63, 3.8) is 0 Å². The number of para-hydroxylation sites is 2. The number of amides is 3. The van der Waals surface area contributed by atoms with Crippen LogP contribution >= 0.6 is 0 Å². The number of quaternary nitrogens is 1. The number of nitrogens with two attached hydrogens (primary N) is 1. The van der Waals surface area contributed by atoms with Crippen molar-refractivity contribution in [3.8, 4) is 5.75 Å². The molecule has 5 atom stereocenters. The van der Waals surface area contributed by atoms with Gasteiger partial charge in [-0.2, -0.15) is 0 Å². The Balaban J connectivity index is 1.62. The first-order chi connectivity index (χ1) is 15.3. The van der Waals surface area contributed by atoms with Crippen molar-refractivity contribution < 1.29 is 29.5 Å². The van der Waals surface area contributed by atoms with Gasteiger partial charge in [-0.1, -0.05) is 36.4 Å². The van der Waals surface area contributed by atoms with Crippen molar-refractivity contribution in [2.45, 2.75) is 38.1 Å². The number of methoxy groups -OCH3 is 1. The van der Waals surface area contributed by atoms with Gasteiger partial charge in [0, 0.05) is 11.1 Å². The van der Waals surface area contributed by atoms with Crippen molar-refractivity contribution in [1.82, 2.24) is 4.90 Å². The van der Waals surface area contributed by atoms with E-state index in [-0.39, 0.29) is 18.4 Å². The first-order valence-electron chi connectivity index (χ1n) is 10.7. The molecule has 4 N–H and O–H groups in total. The first-order valence-corrected chi connectivity index (χ1v) is 10.7. The highest BCUT2D eigenvalue weighted by atomic mass is 16.5. The zero-order chi connectivity index (χ0) is 22.8. The average Bonchev–Trinajstić information content (AvgIpc) is 3.36.